The number of carbonyl (C=O) groups excluding carboxylic acids is 1. The largest absolute Gasteiger partial charge is 0.342 e. The van der Waals surface area contributed by atoms with E-state index >= 15 is 0 Å². The number of carbonyl (C=O) groups is 1. The first kappa shape index (κ1) is 14.7. The maximum absolute atomic E-state index is 12.5. The van der Waals surface area contributed by atoms with Gasteiger partial charge in [-0.3, -0.25) is 4.79 Å². The molecule has 1 atom stereocenters. The van der Waals surface area contributed by atoms with E-state index in [0.717, 1.165) is 36.6 Å². The van der Waals surface area contributed by atoms with Crippen molar-refractivity contribution in [2.45, 2.75) is 32.6 Å². The molecule has 2 heterocycles. The number of benzene rings is 1. The molecule has 0 aliphatic carbocycles. The first-order valence-corrected chi connectivity index (χ1v) is 7.75. The SMILES string of the molecule is Cc1ccnc(C2CCN(C(=O)Cc3ccccc3C)C2)n1. The molecule has 0 radical (unpaired) electrons. The molecule has 1 aliphatic heterocycles. The van der Waals surface area contributed by atoms with Gasteiger partial charge in [0.15, 0.2) is 0 Å². The van der Waals surface area contributed by atoms with Gasteiger partial charge in [-0.05, 0) is 37.5 Å². The predicted molar refractivity (Wildman–Crippen MR) is 85.6 cm³/mol. The van der Waals surface area contributed by atoms with Crippen LogP contribution < -0.4 is 0 Å². The van der Waals surface area contributed by atoms with Gasteiger partial charge in [-0.15, -0.1) is 0 Å². The van der Waals surface area contributed by atoms with Gasteiger partial charge >= 0.3 is 0 Å². The fourth-order valence-corrected chi connectivity index (χ4v) is 2.95. The number of nitrogens with zero attached hydrogens (tertiary/aromatic N) is 3. The molecule has 1 aromatic carbocycles. The summed E-state index contributed by atoms with van der Waals surface area (Å²) in [6, 6.07) is 9.98. The first-order valence-electron chi connectivity index (χ1n) is 7.75. The smallest absolute Gasteiger partial charge is 0.227 e. The summed E-state index contributed by atoms with van der Waals surface area (Å²) < 4.78 is 0. The molecule has 0 N–H and O–H groups in total. The average molecular weight is 295 g/mol. The number of aromatic nitrogens is 2. The van der Waals surface area contributed by atoms with E-state index in [9.17, 15) is 4.79 Å². The summed E-state index contributed by atoms with van der Waals surface area (Å²) in [4.78, 5) is 23.3. The predicted octanol–water partition coefficient (Wildman–Crippen LogP) is 2.65. The first-order chi connectivity index (χ1) is 10.6. The topological polar surface area (TPSA) is 46.1 Å². The molecule has 1 aliphatic rings. The second-order valence-corrected chi connectivity index (χ2v) is 5.98. The molecule has 1 saturated heterocycles. The Labute approximate surface area is 131 Å². The summed E-state index contributed by atoms with van der Waals surface area (Å²) in [5.41, 5.74) is 3.27. The van der Waals surface area contributed by atoms with Crippen molar-refractivity contribution >= 4 is 5.91 Å². The zero-order valence-electron chi connectivity index (χ0n) is 13.1. The Morgan fingerprint density at radius 1 is 1.27 bits per heavy atom. The Hall–Kier alpha value is -2.23. The highest BCUT2D eigenvalue weighted by molar-refractivity contribution is 5.79. The normalized spacial score (nSPS) is 17.7. The second-order valence-electron chi connectivity index (χ2n) is 5.98. The molecule has 1 aromatic heterocycles. The summed E-state index contributed by atoms with van der Waals surface area (Å²) in [5, 5.41) is 0. The van der Waals surface area contributed by atoms with Gasteiger partial charge in [-0.1, -0.05) is 24.3 Å². The Morgan fingerprint density at radius 2 is 2.09 bits per heavy atom. The van der Waals surface area contributed by atoms with E-state index in [1.165, 1.54) is 5.56 Å². The van der Waals surface area contributed by atoms with Crippen molar-refractivity contribution in [3.05, 3.63) is 59.2 Å². The molecule has 0 bridgehead atoms. The number of rotatable bonds is 3. The van der Waals surface area contributed by atoms with Gasteiger partial charge in [0.05, 0.1) is 6.42 Å². The monoisotopic (exact) mass is 295 g/mol. The second kappa shape index (κ2) is 6.26. The lowest BCUT2D eigenvalue weighted by Crippen LogP contribution is -2.30. The van der Waals surface area contributed by atoms with E-state index in [0.29, 0.717) is 6.42 Å². The Morgan fingerprint density at radius 3 is 2.86 bits per heavy atom. The highest BCUT2D eigenvalue weighted by Crippen LogP contribution is 2.25. The number of amides is 1. The zero-order valence-corrected chi connectivity index (χ0v) is 13.1. The van der Waals surface area contributed by atoms with Crippen molar-refractivity contribution in [2.75, 3.05) is 13.1 Å². The number of hydrogen-bond acceptors (Lipinski definition) is 3. The van der Waals surface area contributed by atoms with Crippen LogP contribution in [0.5, 0.6) is 0 Å². The molecule has 1 fully saturated rings. The lowest BCUT2D eigenvalue weighted by Gasteiger charge is -2.17. The van der Waals surface area contributed by atoms with Crippen LogP contribution in [0.25, 0.3) is 0 Å². The molecule has 1 unspecified atom stereocenters. The van der Waals surface area contributed by atoms with Crippen LogP contribution in [0.3, 0.4) is 0 Å². The number of hydrogen-bond donors (Lipinski definition) is 0. The molecule has 0 spiro atoms. The summed E-state index contributed by atoms with van der Waals surface area (Å²) in [7, 11) is 0. The van der Waals surface area contributed by atoms with E-state index in [2.05, 4.69) is 23.0 Å². The summed E-state index contributed by atoms with van der Waals surface area (Å²) in [6.45, 7) is 5.55. The number of likely N-dealkylation sites (tertiary alicyclic amines) is 1. The molecule has 4 nitrogen and oxygen atoms in total. The van der Waals surface area contributed by atoms with Crippen molar-refractivity contribution in [1.29, 1.82) is 0 Å². The van der Waals surface area contributed by atoms with Crippen molar-refractivity contribution in [2.24, 2.45) is 0 Å². The molecule has 114 valence electrons. The lowest BCUT2D eigenvalue weighted by molar-refractivity contribution is -0.129. The zero-order chi connectivity index (χ0) is 15.5. The molecule has 22 heavy (non-hydrogen) atoms. The minimum Gasteiger partial charge on any atom is -0.342 e. The van der Waals surface area contributed by atoms with Crippen molar-refractivity contribution in [1.82, 2.24) is 14.9 Å². The van der Waals surface area contributed by atoms with Gasteiger partial charge in [0, 0.05) is 30.9 Å². The van der Waals surface area contributed by atoms with Crippen LogP contribution in [0.4, 0.5) is 0 Å². The van der Waals surface area contributed by atoms with Gasteiger partial charge in [-0.25, -0.2) is 9.97 Å². The Bertz CT molecular complexity index is 684. The van der Waals surface area contributed by atoms with Crippen LogP contribution in [-0.4, -0.2) is 33.9 Å². The lowest BCUT2D eigenvalue weighted by atomic mass is 10.1. The van der Waals surface area contributed by atoms with Crippen molar-refractivity contribution in [3.63, 3.8) is 0 Å². The molecule has 3 rings (SSSR count). The van der Waals surface area contributed by atoms with Crippen LogP contribution in [0.1, 0.15) is 35.0 Å². The quantitative estimate of drug-likeness (QED) is 0.874. The number of aryl methyl sites for hydroxylation is 2. The van der Waals surface area contributed by atoms with Crippen LogP contribution >= 0.6 is 0 Å². The van der Waals surface area contributed by atoms with Gasteiger partial charge < -0.3 is 4.90 Å². The third-order valence-electron chi connectivity index (χ3n) is 4.32. The molecular weight excluding hydrogens is 274 g/mol. The summed E-state index contributed by atoms with van der Waals surface area (Å²) >= 11 is 0. The van der Waals surface area contributed by atoms with Crippen LogP contribution in [0.15, 0.2) is 36.5 Å². The van der Waals surface area contributed by atoms with Gasteiger partial charge in [-0.2, -0.15) is 0 Å². The highest BCUT2D eigenvalue weighted by atomic mass is 16.2. The maximum atomic E-state index is 12.5. The Kier molecular flexibility index (Phi) is 4.18. The highest BCUT2D eigenvalue weighted by Gasteiger charge is 2.29. The van der Waals surface area contributed by atoms with Crippen molar-refractivity contribution in [3.8, 4) is 0 Å². The average Bonchev–Trinajstić information content (AvgIpc) is 2.99. The Balaban J connectivity index is 1.65. The summed E-state index contributed by atoms with van der Waals surface area (Å²) in [6.07, 6.45) is 3.23. The van der Waals surface area contributed by atoms with E-state index in [1.54, 1.807) is 6.20 Å². The molecule has 0 saturated carbocycles. The van der Waals surface area contributed by atoms with Crippen LogP contribution in [0.2, 0.25) is 0 Å². The van der Waals surface area contributed by atoms with Crippen LogP contribution in [-0.2, 0) is 11.2 Å². The maximum Gasteiger partial charge on any atom is 0.227 e. The van der Waals surface area contributed by atoms with Gasteiger partial charge in [0.1, 0.15) is 5.82 Å². The molecule has 2 aromatic rings. The van der Waals surface area contributed by atoms with E-state index < -0.39 is 0 Å². The third-order valence-corrected chi connectivity index (χ3v) is 4.32. The van der Waals surface area contributed by atoms with Crippen molar-refractivity contribution < 1.29 is 4.79 Å². The van der Waals surface area contributed by atoms with E-state index in [4.69, 9.17) is 0 Å². The van der Waals surface area contributed by atoms with Gasteiger partial charge in [0.25, 0.3) is 0 Å². The van der Waals surface area contributed by atoms with E-state index in [-0.39, 0.29) is 11.8 Å². The molecular formula is C18H21N3O. The standard InChI is InChI=1S/C18H21N3O/c1-13-5-3-4-6-15(13)11-17(22)21-10-8-16(12-21)18-19-9-7-14(2)20-18/h3-7,9,16H,8,10-12H2,1-2H3. The van der Waals surface area contributed by atoms with Gasteiger partial charge in [0.2, 0.25) is 5.91 Å². The summed E-state index contributed by atoms with van der Waals surface area (Å²) in [5.74, 6) is 1.33. The third kappa shape index (κ3) is 3.16. The molecule has 4 heteroatoms. The fourth-order valence-electron chi connectivity index (χ4n) is 2.95. The minimum atomic E-state index is 0.199. The van der Waals surface area contributed by atoms with E-state index in [1.807, 2.05) is 36.1 Å². The minimum absolute atomic E-state index is 0.199. The fraction of sp³-hybridized carbons (Fsp3) is 0.389. The van der Waals surface area contributed by atoms with Crippen LogP contribution in [0, 0.1) is 13.8 Å². The molecule has 1 amide bonds.